The fraction of sp³-hybridized carbons (Fsp3) is 0.429. The zero-order chi connectivity index (χ0) is 19.5. The number of fused-ring (bicyclic) bond motifs is 1. The maximum atomic E-state index is 13.1. The first kappa shape index (κ1) is 18.4. The van der Waals surface area contributed by atoms with Crippen molar-refractivity contribution in [3.8, 4) is 0 Å². The van der Waals surface area contributed by atoms with Crippen molar-refractivity contribution in [2.75, 3.05) is 13.1 Å². The highest BCUT2D eigenvalue weighted by Gasteiger charge is 2.29. The van der Waals surface area contributed by atoms with Crippen LogP contribution in [0.2, 0.25) is 0 Å². The highest BCUT2D eigenvalue weighted by Crippen LogP contribution is 2.26. The van der Waals surface area contributed by atoms with Gasteiger partial charge in [0.15, 0.2) is 0 Å². The van der Waals surface area contributed by atoms with Crippen molar-refractivity contribution < 1.29 is 4.79 Å². The SMILES string of the molecule is CCCCn1ccnc1C1CCCN(C(=O)c2cnc3ccccn3c2=O)C1. The first-order valence-corrected chi connectivity index (χ1v) is 9.95. The Hall–Kier alpha value is -2.96. The third-order valence-corrected chi connectivity index (χ3v) is 5.42. The molecule has 1 saturated heterocycles. The van der Waals surface area contributed by atoms with Crippen LogP contribution in [0.1, 0.15) is 54.7 Å². The molecule has 4 heterocycles. The third kappa shape index (κ3) is 3.44. The number of carbonyl (C=O) groups is 1. The lowest BCUT2D eigenvalue weighted by Crippen LogP contribution is -2.42. The quantitative estimate of drug-likeness (QED) is 0.683. The minimum atomic E-state index is -0.317. The second kappa shape index (κ2) is 7.96. The van der Waals surface area contributed by atoms with Crippen LogP contribution in [0.25, 0.3) is 5.65 Å². The number of aryl methyl sites for hydroxylation is 1. The highest BCUT2D eigenvalue weighted by molar-refractivity contribution is 5.93. The van der Waals surface area contributed by atoms with E-state index in [1.165, 1.54) is 10.6 Å². The average Bonchev–Trinajstić information content (AvgIpc) is 3.21. The Labute approximate surface area is 163 Å². The Morgan fingerprint density at radius 2 is 2.14 bits per heavy atom. The summed E-state index contributed by atoms with van der Waals surface area (Å²) in [5, 5.41) is 0. The number of unbranched alkanes of at least 4 members (excludes halogenated alkanes) is 1. The fourth-order valence-electron chi connectivity index (χ4n) is 3.91. The van der Waals surface area contributed by atoms with E-state index in [-0.39, 0.29) is 22.9 Å². The van der Waals surface area contributed by atoms with Gasteiger partial charge in [-0.1, -0.05) is 19.4 Å². The molecule has 1 amide bonds. The Kier molecular flexibility index (Phi) is 5.23. The summed E-state index contributed by atoms with van der Waals surface area (Å²) in [6.07, 6.45) is 11.1. The first-order chi connectivity index (χ1) is 13.7. The molecule has 0 aromatic carbocycles. The second-order valence-electron chi connectivity index (χ2n) is 7.33. The van der Waals surface area contributed by atoms with Crippen LogP contribution in [-0.4, -0.2) is 42.8 Å². The molecular formula is C21H25N5O2. The number of nitrogens with zero attached hydrogens (tertiary/aromatic N) is 5. The Balaban J connectivity index is 1.57. The Morgan fingerprint density at radius 3 is 3.00 bits per heavy atom. The van der Waals surface area contributed by atoms with E-state index in [0.717, 1.165) is 38.1 Å². The summed E-state index contributed by atoms with van der Waals surface area (Å²) < 4.78 is 3.63. The lowest BCUT2D eigenvalue weighted by Gasteiger charge is -2.32. The maximum Gasteiger partial charge on any atom is 0.270 e. The van der Waals surface area contributed by atoms with Gasteiger partial charge >= 0.3 is 0 Å². The Morgan fingerprint density at radius 1 is 1.25 bits per heavy atom. The second-order valence-corrected chi connectivity index (χ2v) is 7.33. The summed E-state index contributed by atoms with van der Waals surface area (Å²) in [4.78, 5) is 36.5. The molecule has 0 spiro atoms. The minimum absolute atomic E-state index is 0.124. The smallest absolute Gasteiger partial charge is 0.270 e. The lowest BCUT2D eigenvalue weighted by atomic mass is 9.96. The monoisotopic (exact) mass is 379 g/mol. The van der Waals surface area contributed by atoms with Gasteiger partial charge in [-0.05, 0) is 31.4 Å². The number of imidazole rings is 1. The number of likely N-dealkylation sites (tertiary alicyclic amines) is 1. The van der Waals surface area contributed by atoms with Crippen molar-refractivity contribution >= 4 is 11.6 Å². The van der Waals surface area contributed by atoms with Crippen LogP contribution in [0.3, 0.4) is 0 Å². The molecule has 1 fully saturated rings. The van der Waals surface area contributed by atoms with Crippen LogP contribution in [0.15, 0.2) is 47.8 Å². The van der Waals surface area contributed by atoms with Crippen molar-refractivity contribution in [2.24, 2.45) is 0 Å². The number of aromatic nitrogens is 4. The van der Waals surface area contributed by atoms with Crippen LogP contribution in [-0.2, 0) is 6.54 Å². The number of hydrogen-bond acceptors (Lipinski definition) is 4. The van der Waals surface area contributed by atoms with E-state index in [1.54, 1.807) is 23.2 Å². The van der Waals surface area contributed by atoms with E-state index >= 15 is 0 Å². The molecule has 0 N–H and O–H groups in total. The van der Waals surface area contributed by atoms with E-state index in [9.17, 15) is 9.59 Å². The zero-order valence-electron chi connectivity index (χ0n) is 16.1. The molecule has 1 unspecified atom stereocenters. The van der Waals surface area contributed by atoms with Gasteiger partial charge in [0.2, 0.25) is 0 Å². The van der Waals surface area contributed by atoms with Crippen LogP contribution in [0, 0.1) is 0 Å². The van der Waals surface area contributed by atoms with Gasteiger partial charge in [0.1, 0.15) is 17.0 Å². The van der Waals surface area contributed by atoms with Gasteiger partial charge in [0.05, 0.1) is 0 Å². The molecule has 7 heteroatoms. The van der Waals surface area contributed by atoms with Crippen molar-refractivity contribution in [3.63, 3.8) is 0 Å². The molecule has 4 rings (SSSR count). The molecule has 7 nitrogen and oxygen atoms in total. The predicted octanol–water partition coefficient (Wildman–Crippen LogP) is 2.71. The van der Waals surface area contributed by atoms with Gasteiger partial charge in [-0.25, -0.2) is 9.97 Å². The average molecular weight is 379 g/mol. The number of amides is 1. The van der Waals surface area contributed by atoms with Gasteiger partial charge in [-0.3, -0.25) is 14.0 Å². The third-order valence-electron chi connectivity index (χ3n) is 5.42. The van der Waals surface area contributed by atoms with Crippen molar-refractivity contribution in [2.45, 2.75) is 45.1 Å². The molecule has 0 radical (unpaired) electrons. The lowest BCUT2D eigenvalue weighted by molar-refractivity contribution is 0.0701. The van der Waals surface area contributed by atoms with Crippen molar-refractivity contribution in [1.29, 1.82) is 0 Å². The van der Waals surface area contributed by atoms with Crippen LogP contribution in [0.4, 0.5) is 0 Å². The zero-order valence-corrected chi connectivity index (χ0v) is 16.1. The number of pyridine rings is 1. The molecule has 1 aliphatic rings. The summed E-state index contributed by atoms with van der Waals surface area (Å²) in [7, 11) is 0. The first-order valence-electron chi connectivity index (χ1n) is 9.95. The van der Waals surface area contributed by atoms with E-state index in [0.29, 0.717) is 18.7 Å². The molecule has 0 aliphatic carbocycles. The molecule has 1 atom stereocenters. The number of carbonyl (C=O) groups excluding carboxylic acids is 1. The highest BCUT2D eigenvalue weighted by atomic mass is 16.2. The van der Waals surface area contributed by atoms with E-state index in [4.69, 9.17) is 0 Å². The summed E-state index contributed by atoms with van der Waals surface area (Å²) in [6.45, 7) is 4.36. The summed E-state index contributed by atoms with van der Waals surface area (Å²) in [5.41, 5.74) is 0.347. The van der Waals surface area contributed by atoms with Crippen LogP contribution >= 0.6 is 0 Å². The van der Waals surface area contributed by atoms with Gasteiger partial charge in [-0.2, -0.15) is 0 Å². The fourth-order valence-corrected chi connectivity index (χ4v) is 3.91. The molecule has 0 bridgehead atoms. The molecule has 1 aliphatic heterocycles. The van der Waals surface area contributed by atoms with Crippen molar-refractivity contribution in [1.82, 2.24) is 23.8 Å². The molecule has 3 aromatic rings. The molecular weight excluding hydrogens is 354 g/mol. The summed E-state index contributed by atoms with van der Waals surface area (Å²) in [6, 6.07) is 5.33. The van der Waals surface area contributed by atoms with Gasteiger partial charge < -0.3 is 9.47 Å². The largest absolute Gasteiger partial charge is 0.338 e. The summed E-state index contributed by atoms with van der Waals surface area (Å²) in [5.74, 6) is 0.993. The number of rotatable bonds is 5. The van der Waals surface area contributed by atoms with E-state index < -0.39 is 0 Å². The van der Waals surface area contributed by atoms with Crippen molar-refractivity contribution in [3.05, 3.63) is 64.7 Å². The molecule has 3 aromatic heterocycles. The molecule has 0 saturated carbocycles. The van der Waals surface area contributed by atoms with Crippen LogP contribution in [0.5, 0.6) is 0 Å². The van der Waals surface area contributed by atoms with Gasteiger partial charge in [-0.15, -0.1) is 0 Å². The standard InChI is InChI=1S/C21H25N5O2/c1-2-3-10-24-13-9-22-19(24)16-7-6-11-25(15-16)20(27)17-14-23-18-8-4-5-12-26(18)21(17)28/h4-5,8-9,12-14,16H,2-3,6-7,10-11,15H2,1H3. The molecule has 28 heavy (non-hydrogen) atoms. The van der Waals surface area contributed by atoms with Gasteiger partial charge in [0, 0.05) is 50.3 Å². The Bertz CT molecular complexity index is 1040. The minimum Gasteiger partial charge on any atom is -0.338 e. The normalized spacial score (nSPS) is 17.2. The maximum absolute atomic E-state index is 13.1. The summed E-state index contributed by atoms with van der Waals surface area (Å²) >= 11 is 0. The van der Waals surface area contributed by atoms with E-state index in [1.807, 2.05) is 18.5 Å². The predicted molar refractivity (Wildman–Crippen MR) is 106 cm³/mol. The van der Waals surface area contributed by atoms with E-state index in [2.05, 4.69) is 21.5 Å². The number of hydrogen-bond donors (Lipinski definition) is 0. The van der Waals surface area contributed by atoms with Crippen LogP contribution < -0.4 is 5.56 Å². The molecule has 146 valence electrons. The topological polar surface area (TPSA) is 72.5 Å². The number of piperidine rings is 1. The van der Waals surface area contributed by atoms with Gasteiger partial charge in [0.25, 0.3) is 11.5 Å².